The molecule has 0 radical (unpaired) electrons. The molecule has 22 heavy (non-hydrogen) atoms. The van der Waals surface area contributed by atoms with Crippen molar-refractivity contribution >= 4 is 15.8 Å². The topological polar surface area (TPSA) is 81.7 Å². The van der Waals surface area contributed by atoms with Crippen LogP contribution in [0.4, 0.5) is 0 Å². The number of hydrogen-bond donors (Lipinski definition) is 1. The summed E-state index contributed by atoms with van der Waals surface area (Å²) in [5, 5.41) is 3.01. The van der Waals surface area contributed by atoms with Crippen LogP contribution in [0.1, 0.15) is 19.8 Å². The molecule has 7 heteroatoms. The Balaban J connectivity index is 2.46. The van der Waals surface area contributed by atoms with Crippen LogP contribution in [0.2, 0.25) is 0 Å². The Bertz CT molecular complexity index is 618. The number of rotatable bonds is 5. The average molecular weight is 327 g/mol. The van der Waals surface area contributed by atoms with Crippen LogP contribution in [0.15, 0.2) is 29.2 Å². The molecule has 2 rings (SSSR count). The zero-order valence-corrected chi connectivity index (χ0v) is 13.6. The predicted octanol–water partition coefficient (Wildman–Crippen LogP) is 1.15. The van der Waals surface area contributed by atoms with E-state index in [0.29, 0.717) is 18.7 Å². The molecule has 1 heterocycles. The van der Waals surface area contributed by atoms with Gasteiger partial charge in [0.1, 0.15) is 5.75 Å². The molecule has 1 aromatic rings. The van der Waals surface area contributed by atoms with E-state index in [9.17, 15) is 13.2 Å². The van der Waals surface area contributed by atoms with Gasteiger partial charge in [-0.1, -0.05) is 0 Å². The molecule has 1 fully saturated rings. The van der Waals surface area contributed by atoms with Crippen LogP contribution in [0, 0.1) is 0 Å². The second-order valence-electron chi connectivity index (χ2n) is 5.17. The van der Waals surface area contributed by atoms with Gasteiger partial charge < -0.3 is 14.8 Å². The molecule has 0 aromatic heterocycles. The van der Waals surface area contributed by atoms with Crippen molar-refractivity contribution in [3.05, 3.63) is 24.3 Å². The Kier molecular flexibility index (Phi) is 5.08. The first-order chi connectivity index (χ1) is 10.5. The lowest BCUT2D eigenvalue weighted by Gasteiger charge is -2.34. The van der Waals surface area contributed by atoms with Crippen molar-refractivity contribution < 1.29 is 22.7 Å². The van der Waals surface area contributed by atoms with Gasteiger partial charge in [-0.25, -0.2) is 8.42 Å². The van der Waals surface area contributed by atoms with Gasteiger partial charge in [-0.05, 0) is 50.6 Å². The van der Waals surface area contributed by atoms with E-state index in [0.717, 1.165) is 0 Å². The minimum absolute atomic E-state index is 0.0696. The Hall–Kier alpha value is -1.60. The van der Waals surface area contributed by atoms with E-state index in [1.807, 2.05) is 0 Å². The van der Waals surface area contributed by atoms with E-state index >= 15 is 0 Å². The van der Waals surface area contributed by atoms with E-state index in [-0.39, 0.29) is 24.5 Å². The van der Waals surface area contributed by atoms with Gasteiger partial charge in [0.25, 0.3) is 0 Å². The molecule has 0 amide bonds. The van der Waals surface area contributed by atoms with Crippen LogP contribution in [0.25, 0.3) is 0 Å². The van der Waals surface area contributed by atoms with Gasteiger partial charge in [0.05, 0.1) is 18.6 Å². The van der Waals surface area contributed by atoms with Crippen molar-refractivity contribution in [1.29, 1.82) is 0 Å². The van der Waals surface area contributed by atoms with Crippen LogP contribution in [-0.4, -0.2) is 45.9 Å². The third kappa shape index (κ3) is 2.83. The van der Waals surface area contributed by atoms with Gasteiger partial charge in [0.15, 0.2) is 14.6 Å². The Morgan fingerprint density at radius 2 is 2.00 bits per heavy atom. The quantitative estimate of drug-likeness (QED) is 0.817. The van der Waals surface area contributed by atoms with Crippen LogP contribution >= 0.6 is 0 Å². The van der Waals surface area contributed by atoms with Crippen LogP contribution < -0.4 is 10.1 Å². The maximum Gasteiger partial charge on any atom is 0.329 e. The lowest BCUT2D eigenvalue weighted by Crippen LogP contribution is -2.57. The van der Waals surface area contributed by atoms with E-state index in [2.05, 4.69) is 5.32 Å². The van der Waals surface area contributed by atoms with E-state index < -0.39 is 20.6 Å². The van der Waals surface area contributed by atoms with E-state index in [1.165, 1.54) is 19.2 Å². The fraction of sp³-hybridized carbons (Fsp3) is 0.533. The second kappa shape index (κ2) is 6.66. The number of piperidine rings is 1. The van der Waals surface area contributed by atoms with Gasteiger partial charge in [-0.15, -0.1) is 0 Å². The first kappa shape index (κ1) is 16.8. The number of sulfone groups is 1. The Morgan fingerprint density at radius 3 is 2.50 bits per heavy atom. The predicted molar refractivity (Wildman–Crippen MR) is 81.6 cm³/mol. The molecule has 1 saturated heterocycles. The summed E-state index contributed by atoms with van der Waals surface area (Å²) in [4.78, 5) is 12.5. The van der Waals surface area contributed by atoms with E-state index in [4.69, 9.17) is 9.47 Å². The van der Waals surface area contributed by atoms with Gasteiger partial charge in [0, 0.05) is 6.54 Å². The van der Waals surface area contributed by atoms with Crippen molar-refractivity contribution in [2.75, 3.05) is 26.8 Å². The zero-order chi connectivity index (χ0) is 16.2. The molecule has 1 aliphatic rings. The van der Waals surface area contributed by atoms with Crippen molar-refractivity contribution in [2.24, 2.45) is 0 Å². The number of benzene rings is 1. The second-order valence-corrected chi connectivity index (χ2v) is 7.43. The SMILES string of the molecule is CCOC(=O)C1(S(=O)(=O)c2ccc(OC)cc2)CCCNC1. The monoisotopic (exact) mass is 327 g/mol. The summed E-state index contributed by atoms with van der Waals surface area (Å²) in [6, 6.07) is 6.07. The van der Waals surface area contributed by atoms with Crippen LogP contribution in [0.3, 0.4) is 0 Å². The molecule has 1 N–H and O–H groups in total. The number of nitrogens with one attached hydrogen (secondary N) is 1. The fourth-order valence-electron chi connectivity index (χ4n) is 2.63. The van der Waals surface area contributed by atoms with Crippen LogP contribution in [-0.2, 0) is 19.4 Å². The molecule has 0 spiro atoms. The van der Waals surface area contributed by atoms with Gasteiger partial charge in [-0.2, -0.15) is 0 Å². The molecule has 1 atom stereocenters. The molecule has 0 bridgehead atoms. The Morgan fingerprint density at radius 1 is 1.32 bits per heavy atom. The largest absolute Gasteiger partial charge is 0.497 e. The lowest BCUT2D eigenvalue weighted by molar-refractivity contribution is -0.146. The zero-order valence-electron chi connectivity index (χ0n) is 12.8. The first-order valence-corrected chi connectivity index (χ1v) is 8.73. The summed E-state index contributed by atoms with van der Waals surface area (Å²) in [6.07, 6.45) is 0.862. The summed E-state index contributed by atoms with van der Waals surface area (Å²) < 4.78 is 34.6. The average Bonchev–Trinajstić information content (AvgIpc) is 2.55. The molecular weight excluding hydrogens is 306 g/mol. The number of hydrogen-bond acceptors (Lipinski definition) is 6. The number of methoxy groups -OCH3 is 1. The highest BCUT2D eigenvalue weighted by Crippen LogP contribution is 2.33. The standard InChI is InChI=1S/C15H21NO5S/c1-3-21-14(17)15(9-4-10-16-11-15)22(18,19)13-7-5-12(20-2)6-8-13/h5-8,16H,3-4,9-11H2,1-2H3. The maximum absolute atomic E-state index is 13.0. The number of carbonyl (C=O) groups is 1. The van der Waals surface area contributed by atoms with Gasteiger partial charge >= 0.3 is 5.97 Å². The van der Waals surface area contributed by atoms with Crippen molar-refractivity contribution in [3.8, 4) is 5.75 Å². The molecule has 122 valence electrons. The molecule has 0 aliphatic carbocycles. The van der Waals surface area contributed by atoms with Gasteiger partial charge in [-0.3, -0.25) is 4.79 Å². The molecule has 1 aliphatic heterocycles. The highest BCUT2D eigenvalue weighted by atomic mass is 32.2. The fourth-order valence-corrected chi connectivity index (χ4v) is 4.56. The number of carbonyl (C=O) groups excluding carboxylic acids is 1. The van der Waals surface area contributed by atoms with Gasteiger partial charge in [0.2, 0.25) is 0 Å². The smallest absolute Gasteiger partial charge is 0.329 e. The summed E-state index contributed by atoms with van der Waals surface area (Å²) >= 11 is 0. The summed E-state index contributed by atoms with van der Waals surface area (Å²) in [7, 11) is -2.35. The molecule has 0 saturated carbocycles. The highest BCUT2D eigenvalue weighted by molar-refractivity contribution is 7.93. The molecule has 1 unspecified atom stereocenters. The minimum atomic E-state index is -3.86. The van der Waals surface area contributed by atoms with Crippen molar-refractivity contribution in [2.45, 2.75) is 29.4 Å². The molecule has 6 nitrogen and oxygen atoms in total. The minimum Gasteiger partial charge on any atom is -0.497 e. The Labute approximate surface area is 130 Å². The van der Waals surface area contributed by atoms with Crippen molar-refractivity contribution in [1.82, 2.24) is 5.32 Å². The summed E-state index contributed by atoms with van der Waals surface area (Å²) in [6.45, 7) is 2.58. The molecular formula is C15H21NO5S. The lowest BCUT2D eigenvalue weighted by atomic mass is 9.99. The number of ether oxygens (including phenoxy) is 2. The number of esters is 1. The maximum atomic E-state index is 13.0. The van der Waals surface area contributed by atoms with Crippen molar-refractivity contribution in [3.63, 3.8) is 0 Å². The summed E-state index contributed by atoms with van der Waals surface area (Å²) in [5.74, 6) is -0.121. The van der Waals surface area contributed by atoms with E-state index in [1.54, 1.807) is 19.1 Å². The summed E-state index contributed by atoms with van der Waals surface area (Å²) in [5.41, 5.74) is 0. The van der Waals surface area contributed by atoms with Crippen LogP contribution in [0.5, 0.6) is 5.75 Å². The third-order valence-electron chi connectivity index (χ3n) is 3.88. The first-order valence-electron chi connectivity index (χ1n) is 7.24. The highest BCUT2D eigenvalue weighted by Gasteiger charge is 2.53. The molecule has 1 aromatic carbocycles. The third-order valence-corrected chi connectivity index (χ3v) is 6.31. The normalized spacial score (nSPS) is 22.1.